The lowest BCUT2D eigenvalue weighted by molar-refractivity contribution is -0.155. The summed E-state index contributed by atoms with van der Waals surface area (Å²) in [5.41, 5.74) is -0.357. The van der Waals surface area contributed by atoms with Gasteiger partial charge in [-0.25, -0.2) is 0 Å². The summed E-state index contributed by atoms with van der Waals surface area (Å²) in [6.45, 7) is 6.79. The number of rotatable bonds is 7. The second kappa shape index (κ2) is 6.82. The molecular formula is C11H22O3. The normalized spacial score (nSPS) is 11.4. The fraction of sp³-hybridized carbons (Fsp3) is 0.909. The van der Waals surface area contributed by atoms with Crippen molar-refractivity contribution in [2.75, 3.05) is 20.3 Å². The Kier molecular flexibility index (Phi) is 6.54. The molecule has 14 heavy (non-hydrogen) atoms. The molecule has 0 aliphatic heterocycles. The Hall–Kier alpha value is -0.570. The highest BCUT2D eigenvalue weighted by Crippen LogP contribution is 2.24. The summed E-state index contributed by atoms with van der Waals surface area (Å²) in [5.74, 6) is -0.122. The van der Waals surface area contributed by atoms with E-state index in [-0.39, 0.29) is 11.4 Å². The third-order valence-electron chi connectivity index (χ3n) is 2.23. The molecule has 0 rings (SSSR count). The van der Waals surface area contributed by atoms with Crippen molar-refractivity contribution in [1.29, 1.82) is 0 Å². The minimum absolute atomic E-state index is 0.122. The van der Waals surface area contributed by atoms with Gasteiger partial charge in [-0.2, -0.15) is 0 Å². The van der Waals surface area contributed by atoms with Crippen LogP contribution < -0.4 is 0 Å². The molecule has 0 N–H and O–H groups in total. The predicted molar refractivity (Wildman–Crippen MR) is 56.1 cm³/mol. The molecule has 3 heteroatoms. The Morgan fingerprint density at radius 2 is 1.93 bits per heavy atom. The maximum Gasteiger partial charge on any atom is 0.311 e. The second-order valence-corrected chi connectivity index (χ2v) is 4.12. The SMILES string of the molecule is CCCCC(C)(C)C(=O)OCCOC. The lowest BCUT2D eigenvalue weighted by atomic mass is 9.87. The zero-order valence-electron chi connectivity index (χ0n) is 9.76. The molecule has 0 aromatic rings. The number of methoxy groups -OCH3 is 1. The van der Waals surface area contributed by atoms with Gasteiger partial charge in [0.15, 0.2) is 0 Å². The Morgan fingerprint density at radius 1 is 1.29 bits per heavy atom. The summed E-state index contributed by atoms with van der Waals surface area (Å²) in [4.78, 5) is 11.6. The molecule has 0 fully saturated rings. The monoisotopic (exact) mass is 202 g/mol. The fourth-order valence-electron chi connectivity index (χ4n) is 1.13. The van der Waals surface area contributed by atoms with E-state index in [0.29, 0.717) is 13.2 Å². The quantitative estimate of drug-likeness (QED) is 0.469. The van der Waals surface area contributed by atoms with Gasteiger partial charge in [0, 0.05) is 7.11 Å². The fourth-order valence-corrected chi connectivity index (χ4v) is 1.13. The van der Waals surface area contributed by atoms with Crippen LogP contribution >= 0.6 is 0 Å². The van der Waals surface area contributed by atoms with E-state index in [0.717, 1.165) is 19.3 Å². The van der Waals surface area contributed by atoms with Crippen LogP contribution in [-0.4, -0.2) is 26.3 Å². The number of ether oxygens (including phenoxy) is 2. The molecule has 0 heterocycles. The minimum atomic E-state index is -0.357. The van der Waals surface area contributed by atoms with Gasteiger partial charge in [-0.1, -0.05) is 19.8 Å². The number of carbonyl (C=O) groups is 1. The van der Waals surface area contributed by atoms with Crippen LogP contribution in [0.3, 0.4) is 0 Å². The number of esters is 1. The van der Waals surface area contributed by atoms with Gasteiger partial charge in [0.2, 0.25) is 0 Å². The number of carbonyl (C=O) groups excluding carboxylic acids is 1. The second-order valence-electron chi connectivity index (χ2n) is 4.12. The van der Waals surface area contributed by atoms with Gasteiger partial charge in [0.05, 0.1) is 12.0 Å². The molecule has 0 saturated heterocycles. The lowest BCUT2D eigenvalue weighted by Gasteiger charge is -2.21. The standard InChI is InChI=1S/C11H22O3/c1-5-6-7-11(2,3)10(12)14-9-8-13-4/h5-9H2,1-4H3. The summed E-state index contributed by atoms with van der Waals surface area (Å²) < 4.78 is 9.89. The lowest BCUT2D eigenvalue weighted by Crippen LogP contribution is -2.27. The Labute approximate surface area is 86.8 Å². The average molecular weight is 202 g/mol. The van der Waals surface area contributed by atoms with Crippen molar-refractivity contribution in [2.45, 2.75) is 40.0 Å². The first kappa shape index (κ1) is 13.4. The van der Waals surface area contributed by atoms with E-state index in [1.807, 2.05) is 13.8 Å². The van der Waals surface area contributed by atoms with E-state index in [9.17, 15) is 4.79 Å². The zero-order valence-corrected chi connectivity index (χ0v) is 9.76. The molecule has 0 atom stereocenters. The van der Waals surface area contributed by atoms with Gasteiger partial charge < -0.3 is 9.47 Å². The number of hydrogen-bond donors (Lipinski definition) is 0. The van der Waals surface area contributed by atoms with Gasteiger partial charge in [-0.05, 0) is 20.3 Å². The summed E-state index contributed by atoms with van der Waals surface area (Å²) in [5, 5.41) is 0. The molecule has 0 aliphatic rings. The highest BCUT2D eigenvalue weighted by Gasteiger charge is 2.28. The van der Waals surface area contributed by atoms with Crippen molar-refractivity contribution in [3.8, 4) is 0 Å². The predicted octanol–water partition coefficient (Wildman–Crippen LogP) is 2.39. The van der Waals surface area contributed by atoms with Crippen LogP contribution in [-0.2, 0) is 14.3 Å². The van der Waals surface area contributed by atoms with E-state index in [1.54, 1.807) is 7.11 Å². The van der Waals surface area contributed by atoms with Crippen molar-refractivity contribution >= 4 is 5.97 Å². The minimum Gasteiger partial charge on any atom is -0.463 e. The van der Waals surface area contributed by atoms with Gasteiger partial charge >= 0.3 is 5.97 Å². The van der Waals surface area contributed by atoms with Crippen molar-refractivity contribution in [3.63, 3.8) is 0 Å². The van der Waals surface area contributed by atoms with Gasteiger partial charge in [-0.3, -0.25) is 4.79 Å². The van der Waals surface area contributed by atoms with E-state index < -0.39 is 0 Å². The molecule has 0 spiro atoms. The van der Waals surface area contributed by atoms with E-state index >= 15 is 0 Å². The Morgan fingerprint density at radius 3 is 2.43 bits per heavy atom. The highest BCUT2D eigenvalue weighted by molar-refractivity contribution is 5.75. The van der Waals surface area contributed by atoms with Crippen LogP contribution in [0.25, 0.3) is 0 Å². The molecule has 0 aromatic carbocycles. The molecule has 0 aliphatic carbocycles. The average Bonchev–Trinajstić information content (AvgIpc) is 2.15. The van der Waals surface area contributed by atoms with E-state index in [2.05, 4.69) is 6.92 Å². The third-order valence-corrected chi connectivity index (χ3v) is 2.23. The first-order valence-electron chi connectivity index (χ1n) is 5.20. The van der Waals surface area contributed by atoms with Gasteiger partial charge in [0.1, 0.15) is 6.61 Å². The van der Waals surface area contributed by atoms with Crippen LogP contribution in [0, 0.1) is 5.41 Å². The molecule has 3 nitrogen and oxygen atoms in total. The van der Waals surface area contributed by atoms with E-state index in [1.165, 1.54) is 0 Å². The largest absolute Gasteiger partial charge is 0.463 e. The van der Waals surface area contributed by atoms with Gasteiger partial charge in [-0.15, -0.1) is 0 Å². The van der Waals surface area contributed by atoms with Gasteiger partial charge in [0.25, 0.3) is 0 Å². The molecule has 0 aromatic heterocycles. The summed E-state index contributed by atoms with van der Waals surface area (Å²) in [6.07, 6.45) is 3.05. The molecule has 0 radical (unpaired) electrons. The Bertz CT molecular complexity index is 164. The number of hydrogen-bond acceptors (Lipinski definition) is 3. The maximum atomic E-state index is 11.6. The first-order chi connectivity index (χ1) is 6.54. The molecule has 0 saturated carbocycles. The molecular weight excluding hydrogens is 180 g/mol. The number of unbranched alkanes of at least 4 members (excludes halogenated alkanes) is 1. The smallest absolute Gasteiger partial charge is 0.311 e. The van der Waals surface area contributed by atoms with Crippen LogP contribution in [0.1, 0.15) is 40.0 Å². The van der Waals surface area contributed by atoms with Crippen LogP contribution in [0.15, 0.2) is 0 Å². The van der Waals surface area contributed by atoms with Crippen molar-refractivity contribution in [1.82, 2.24) is 0 Å². The van der Waals surface area contributed by atoms with Crippen LogP contribution in [0.4, 0.5) is 0 Å². The van der Waals surface area contributed by atoms with E-state index in [4.69, 9.17) is 9.47 Å². The summed E-state index contributed by atoms with van der Waals surface area (Å²) in [7, 11) is 1.59. The topological polar surface area (TPSA) is 35.5 Å². The van der Waals surface area contributed by atoms with Crippen molar-refractivity contribution in [3.05, 3.63) is 0 Å². The molecule has 84 valence electrons. The molecule has 0 unspecified atom stereocenters. The van der Waals surface area contributed by atoms with Crippen LogP contribution in [0.2, 0.25) is 0 Å². The third kappa shape index (κ3) is 5.22. The highest BCUT2D eigenvalue weighted by atomic mass is 16.6. The molecule has 0 amide bonds. The summed E-state index contributed by atoms with van der Waals surface area (Å²) >= 11 is 0. The van der Waals surface area contributed by atoms with Crippen molar-refractivity contribution < 1.29 is 14.3 Å². The Balaban J connectivity index is 3.82. The first-order valence-corrected chi connectivity index (χ1v) is 5.20. The maximum absolute atomic E-state index is 11.6. The van der Waals surface area contributed by atoms with Crippen LogP contribution in [0.5, 0.6) is 0 Å². The van der Waals surface area contributed by atoms with Crippen molar-refractivity contribution in [2.24, 2.45) is 5.41 Å². The summed E-state index contributed by atoms with van der Waals surface area (Å²) in [6, 6.07) is 0. The molecule has 0 bridgehead atoms. The zero-order chi connectivity index (χ0) is 11.0.